The molecule has 0 fully saturated rings. The van der Waals surface area contributed by atoms with E-state index in [0.717, 1.165) is 23.0 Å². The van der Waals surface area contributed by atoms with E-state index in [-0.39, 0.29) is 6.04 Å². The number of nitrogens with zero attached hydrogens (tertiary/aromatic N) is 2. The summed E-state index contributed by atoms with van der Waals surface area (Å²) in [7, 11) is 0. The van der Waals surface area contributed by atoms with Gasteiger partial charge in [0.15, 0.2) is 0 Å². The van der Waals surface area contributed by atoms with Crippen LogP contribution in [0.5, 0.6) is 0 Å². The third-order valence-corrected chi connectivity index (χ3v) is 3.45. The lowest BCUT2D eigenvalue weighted by Gasteiger charge is -2.17. The van der Waals surface area contributed by atoms with Crippen molar-refractivity contribution in [2.45, 2.75) is 45.1 Å². The maximum atomic E-state index is 5.71. The molecular weight excluding hydrogens is 236 g/mol. The molecule has 0 bridgehead atoms. The normalized spacial score (nSPS) is 12.7. The van der Waals surface area contributed by atoms with E-state index < -0.39 is 0 Å². The molecule has 4 nitrogen and oxygen atoms in total. The summed E-state index contributed by atoms with van der Waals surface area (Å²) < 4.78 is 0. The fraction of sp³-hybridized carbons (Fsp3) is 0.467. The summed E-state index contributed by atoms with van der Waals surface area (Å²) in [5.74, 6) is 5.71. The molecule has 0 aliphatic rings. The SMILES string of the molecule is CCCCCCC(NN)c1cccc2nccnc12. The number of hydrazine groups is 1. The van der Waals surface area contributed by atoms with Crippen LogP contribution in [-0.2, 0) is 0 Å². The molecule has 0 saturated carbocycles. The van der Waals surface area contributed by atoms with Gasteiger partial charge in [0.05, 0.1) is 11.0 Å². The fourth-order valence-electron chi connectivity index (χ4n) is 2.40. The molecule has 2 aromatic rings. The van der Waals surface area contributed by atoms with Gasteiger partial charge in [0.1, 0.15) is 0 Å². The monoisotopic (exact) mass is 258 g/mol. The zero-order valence-electron chi connectivity index (χ0n) is 11.5. The minimum atomic E-state index is 0.150. The lowest BCUT2D eigenvalue weighted by molar-refractivity contribution is 0.484. The molecule has 1 heterocycles. The van der Waals surface area contributed by atoms with Crippen LogP contribution in [0.25, 0.3) is 11.0 Å². The van der Waals surface area contributed by atoms with Crippen LogP contribution in [0, 0.1) is 0 Å². The molecule has 0 saturated heterocycles. The zero-order chi connectivity index (χ0) is 13.5. The second kappa shape index (κ2) is 7.16. The molecule has 19 heavy (non-hydrogen) atoms. The van der Waals surface area contributed by atoms with Crippen molar-refractivity contribution < 1.29 is 0 Å². The number of unbranched alkanes of at least 4 members (excludes halogenated alkanes) is 3. The summed E-state index contributed by atoms with van der Waals surface area (Å²) in [5.41, 5.74) is 5.94. The Hall–Kier alpha value is -1.52. The summed E-state index contributed by atoms with van der Waals surface area (Å²) >= 11 is 0. The van der Waals surface area contributed by atoms with Crippen molar-refractivity contribution in [3.05, 3.63) is 36.2 Å². The van der Waals surface area contributed by atoms with E-state index in [9.17, 15) is 0 Å². The number of fused-ring (bicyclic) bond motifs is 1. The molecule has 4 heteroatoms. The molecular formula is C15H22N4. The van der Waals surface area contributed by atoms with Crippen LogP contribution < -0.4 is 11.3 Å². The van der Waals surface area contributed by atoms with Crippen LogP contribution in [-0.4, -0.2) is 9.97 Å². The zero-order valence-corrected chi connectivity index (χ0v) is 11.5. The molecule has 0 aliphatic carbocycles. The number of hydrogen-bond donors (Lipinski definition) is 2. The van der Waals surface area contributed by atoms with E-state index in [1.165, 1.54) is 25.7 Å². The quantitative estimate of drug-likeness (QED) is 0.455. The molecule has 1 unspecified atom stereocenters. The van der Waals surface area contributed by atoms with Crippen LogP contribution in [0.3, 0.4) is 0 Å². The number of nitrogens with one attached hydrogen (secondary N) is 1. The maximum Gasteiger partial charge on any atom is 0.0935 e. The molecule has 0 spiro atoms. The van der Waals surface area contributed by atoms with Gasteiger partial charge >= 0.3 is 0 Å². The van der Waals surface area contributed by atoms with Crippen molar-refractivity contribution in [3.8, 4) is 0 Å². The van der Waals surface area contributed by atoms with Gasteiger partial charge in [-0.15, -0.1) is 0 Å². The van der Waals surface area contributed by atoms with Crippen molar-refractivity contribution in [1.82, 2.24) is 15.4 Å². The molecule has 2 rings (SSSR count). The molecule has 0 aliphatic heterocycles. The van der Waals surface area contributed by atoms with Gasteiger partial charge in [-0.3, -0.25) is 21.2 Å². The molecule has 1 aromatic heterocycles. The van der Waals surface area contributed by atoms with Gasteiger partial charge in [0.25, 0.3) is 0 Å². The lowest BCUT2D eigenvalue weighted by atomic mass is 9.99. The van der Waals surface area contributed by atoms with E-state index in [4.69, 9.17) is 5.84 Å². The average molecular weight is 258 g/mol. The predicted octanol–water partition coefficient (Wildman–Crippen LogP) is 3.10. The van der Waals surface area contributed by atoms with Gasteiger partial charge in [-0.1, -0.05) is 44.7 Å². The van der Waals surface area contributed by atoms with Gasteiger partial charge in [-0.2, -0.15) is 0 Å². The smallest absolute Gasteiger partial charge is 0.0935 e. The number of benzene rings is 1. The van der Waals surface area contributed by atoms with Crippen molar-refractivity contribution in [1.29, 1.82) is 0 Å². The highest BCUT2D eigenvalue weighted by atomic mass is 15.2. The van der Waals surface area contributed by atoms with Gasteiger partial charge in [-0.05, 0) is 18.1 Å². The van der Waals surface area contributed by atoms with Crippen LogP contribution >= 0.6 is 0 Å². The number of para-hydroxylation sites is 1. The highest BCUT2D eigenvalue weighted by Gasteiger charge is 2.13. The predicted molar refractivity (Wildman–Crippen MR) is 78.4 cm³/mol. The Labute approximate surface area is 114 Å². The van der Waals surface area contributed by atoms with Crippen molar-refractivity contribution in [2.24, 2.45) is 5.84 Å². The Kier molecular flexibility index (Phi) is 5.24. The highest BCUT2D eigenvalue weighted by molar-refractivity contribution is 5.78. The van der Waals surface area contributed by atoms with Crippen LogP contribution in [0.15, 0.2) is 30.6 Å². The first-order valence-electron chi connectivity index (χ1n) is 7.02. The standard InChI is InChI=1S/C15H22N4/c1-2-3-4-5-8-13(19-16)12-7-6-9-14-15(12)18-11-10-17-14/h6-7,9-11,13,19H,2-5,8,16H2,1H3. The Morgan fingerprint density at radius 3 is 2.79 bits per heavy atom. The number of rotatable bonds is 7. The largest absolute Gasteiger partial charge is 0.271 e. The van der Waals surface area contributed by atoms with Gasteiger partial charge < -0.3 is 0 Å². The molecule has 0 radical (unpaired) electrons. The third kappa shape index (κ3) is 3.49. The summed E-state index contributed by atoms with van der Waals surface area (Å²) in [4.78, 5) is 8.77. The third-order valence-electron chi connectivity index (χ3n) is 3.45. The summed E-state index contributed by atoms with van der Waals surface area (Å²) in [5, 5.41) is 0. The van der Waals surface area contributed by atoms with E-state index in [1.54, 1.807) is 12.4 Å². The highest BCUT2D eigenvalue weighted by Crippen LogP contribution is 2.24. The van der Waals surface area contributed by atoms with Gasteiger partial charge in [-0.25, -0.2) is 0 Å². The lowest BCUT2D eigenvalue weighted by Crippen LogP contribution is -2.28. The average Bonchev–Trinajstić information content (AvgIpc) is 2.47. The van der Waals surface area contributed by atoms with E-state index in [1.807, 2.05) is 12.1 Å². The van der Waals surface area contributed by atoms with Gasteiger partial charge in [0.2, 0.25) is 0 Å². The molecule has 3 N–H and O–H groups in total. The number of nitrogens with two attached hydrogens (primary N) is 1. The van der Waals surface area contributed by atoms with Crippen LogP contribution in [0.2, 0.25) is 0 Å². The molecule has 1 aromatic carbocycles. The second-order valence-electron chi connectivity index (χ2n) is 4.84. The van der Waals surface area contributed by atoms with Crippen LogP contribution in [0.1, 0.15) is 50.6 Å². The van der Waals surface area contributed by atoms with Crippen molar-refractivity contribution >= 4 is 11.0 Å². The first-order chi connectivity index (χ1) is 9.36. The van der Waals surface area contributed by atoms with Crippen LogP contribution in [0.4, 0.5) is 0 Å². The second-order valence-corrected chi connectivity index (χ2v) is 4.84. The number of aromatic nitrogens is 2. The molecule has 102 valence electrons. The Balaban J connectivity index is 2.16. The van der Waals surface area contributed by atoms with Crippen molar-refractivity contribution in [2.75, 3.05) is 0 Å². The maximum absolute atomic E-state index is 5.71. The minimum Gasteiger partial charge on any atom is -0.271 e. The Bertz CT molecular complexity index is 507. The summed E-state index contributed by atoms with van der Waals surface area (Å²) in [6.07, 6.45) is 9.46. The Morgan fingerprint density at radius 1 is 1.16 bits per heavy atom. The first kappa shape index (κ1) is 13.9. The Morgan fingerprint density at radius 2 is 2.00 bits per heavy atom. The minimum absolute atomic E-state index is 0.150. The number of hydrogen-bond acceptors (Lipinski definition) is 4. The summed E-state index contributed by atoms with van der Waals surface area (Å²) in [6, 6.07) is 6.23. The van der Waals surface area contributed by atoms with E-state index in [0.29, 0.717) is 0 Å². The topological polar surface area (TPSA) is 63.8 Å². The fourth-order valence-corrected chi connectivity index (χ4v) is 2.40. The van der Waals surface area contributed by atoms with Gasteiger partial charge in [0, 0.05) is 18.4 Å². The van der Waals surface area contributed by atoms with E-state index >= 15 is 0 Å². The first-order valence-corrected chi connectivity index (χ1v) is 7.02. The van der Waals surface area contributed by atoms with Crippen molar-refractivity contribution in [3.63, 3.8) is 0 Å². The molecule has 0 amide bonds. The molecule has 1 atom stereocenters. The summed E-state index contributed by atoms with van der Waals surface area (Å²) in [6.45, 7) is 2.22. The van der Waals surface area contributed by atoms with E-state index in [2.05, 4.69) is 28.4 Å².